The molecule has 0 atom stereocenters. The van der Waals surface area contributed by atoms with E-state index in [0.717, 1.165) is 17.0 Å². The molecule has 0 saturated heterocycles. The van der Waals surface area contributed by atoms with Crippen LogP contribution >= 0.6 is 0 Å². The molecule has 0 fully saturated rings. The summed E-state index contributed by atoms with van der Waals surface area (Å²) < 4.78 is 2.03. The van der Waals surface area contributed by atoms with E-state index in [1.165, 1.54) is 0 Å². The van der Waals surface area contributed by atoms with E-state index in [0.29, 0.717) is 0 Å². The lowest BCUT2D eigenvalue weighted by molar-refractivity contribution is 1.11. The van der Waals surface area contributed by atoms with Crippen molar-refractivity contribution in [3.05, 3.63) is 37.3 Å². The second-order valence-corrected chi connectivity index (χ2v) is 2.72. The van der Waals surface area contributed by atoms with Gasteiger partial charge in [-0.05, 0) is 13.0 Å². The summed E-state index contributed by atoms with van der Waals surface area (Å²) in [5, 5.41) is 2.83. The zero-order chi connectivity index (χ0) is 8.55. The summed E-state index contributed by atoms with van der Waals surface area (Å²) in [6.45, 7) is 2.03. The van der Waals surface area contributed by atoms with E-state index >= 15 is 0 Å². The van der Waals surface area contributed by atoms with E-state index in [9.17, 15) is 0 Å². The lowest BCUT2D eigenvalue weighted by Crippen LogP contribution is -1.89. The molecule has 0 aliphatic rings. The molecular weight excluding hydrogens is 150 g/mol. The lowest BCUT2D eigenvalue weighted by atomic mass is 10.4. The van der Waals surface area contributed by atoms with Gasteiger partial charge in [-0.3, -0.25) is 0 Å². The maximum absolute atomic E-state index is 4.22. The topological polar surface area (TPSA) is 29.3 Å². The molecule has 2 aromatic rings. The highest BCUT2D eigenvalue weighted by molar-refractivity contribution is 5.55. The van der Waals surface area contributed by atoms with Gasteiger partial charge in [-0.25, -0.2) is 4.98 Å². The Labute approximate surface area is 71.0 Å². The van der Waals surface area contributed by atoms with Crippen molar-refractivity contribution in [2.75, 3.05) is 5.32 Å². The van der Waals surface area contributed by atoms with Crippen LogP contribution in [0.25, 0.3) is 5.65 Å². The average Bonchev–Trinajstić information content (AvgIpc) is 2.47. The quantitative estimate of drug-likeness (QED) is 0.689. The van der Waals surface area contributed by atoms with Crippen molar-refractivity contribution in [2.45, 2.75) is 6.92 Å². The van der Waals surface area contributed by atoms with Gasteiger partial charge in [-0.2, -0.15) is 0 Å². The smallest absolute Gasteiger partial charge is 0.138 e. The first-order valence-corrected chi connectivity index (χ1v) is 3.78. The van der Waals surface area contributed by atoms with E-state index in [-0.39, 0.29) is 0 Å². The number of anilines is 1. The molecule has 0 aliphatic heterocycles. The van der Waals surface area contributed by atoms with E-state index in [1.807, 2.05) is 35.9 Å². The molecule has 1 N–H and O–H groups in total. The third-order valence-corrected chi connectivity index (χ3v) is 1.90. The first kappa shape index (κ1) is 7.16. The van der Waals surface area contributed by atoms with Gasteiger partial charge in [-0.15, -0.1) is 0 Å². The highest BCUT2D eigenvalue weighted by Gasteiger charge is 1.97. The van der Waals surface area contributed by atoms with Crippen molar-refractivity contribution in [3.63, 3.8) is 0 Å². The van der Waals surface area contributed by atoms with Gasteiger partial charge in [0, 0.05) is 36.9 Å². The first-order valence-electron chi connectivity index (χ1n) is 3.78. The summed E-state index contributed by atoms with van der Waals surface area (Å²) in [7, 11) is 3.58. The number of nitrogens with one attached hydrogen (secondary N) is 1. The van der Waals surface area contributed by atoms with Gasteiger partial charge >= 0.3 is 0 Å². The van der Waals surface area contributed by atoms with Crippen LogP contribution in [0, 0.1) is 14.0 Å². The van der Waals surface area contributed by atoms with Gasteiger partial charge in [-0.1, -0.05) is 0 Å². The van der Waals surface area contributed by atoms with E-state index < -0.39 is 0 Å². The molecular formula is C9H10N3. The number of aromatic nitrogens is 2. The minimum Gasteiger partial charge on any atom is -0.383 e. The van der Waals surface area contributed by atoms with Gasteiger partial charge in [0.15, 0.2) is 0 Å². The summed E-state index contributed by atoms with van der Waals surface area (Å²) in [5.74, 6) is 0. The molecule has 0 unspecified atom stereocenters. The fraction of sp³-hybridized carbons (Fsp3) is 0.111. The predicted molar refractivity (Wildman–Crippen MR) is 48.9 cm³/mol. The number of aryl methyl sites for hydroxylation is 1. The van der Waals surface area contributed by atoms with Crippen molar-refractivity contribution >= 4 is 11.3 Å². The largest absolute Gasteiger partial charge is 0.383 e. The Kier molecular flexibility index (Phi) is 1.50. The number of hydrogen-bond acceptors (Lipinski definition) is 2. The molecule has 1 radical (unpaired) electrons. The SMILES string of the molecule is [CH2]Nc1ccn2c(C)cnc2c1. The van der Waals surface area contributed by atoms with Crippen LogP contribution < -0.4 is 5.32 Å². The van der Waals surface area contributed by atoms with Gasteiger partial charge in [0.2, 0.25) is 0 Å². The summed E-state index contributed by atoms with van der Waals surface area (Å²) in [6, 6.07) is 3.93. The van der Waals surface area contributed by atoms with Gasteiger partial charge in [0.05, 0.1) is 0 Å². The third-order valence-electron chi connectivity index (χ3n) is 1.90. The van der Waals surface area contributed by atoms with Gasteiger partial charge < -0.3 is 9.72 Å². The molecule has 0 aliphatic carbocycles. The van der Waals surface area contributed by atoms with Crippen molar-refractivity contribution in [2.24, 2.45) is 0 Å². The third kappa shape index (κ3) is 0.942. The van der Waals surface area contributed by atoms with Crippen LogP contribution in [0.3, 0.4) is 0 Å². The Bertz CT molecular complexity index is 403. The van der Waals surface area contributed by atoms with Crippen LogP contribution in [-0.4, -0.2) is 9.38 Å². The second kappa shape index (κ2) is 2.52. The number of rotatable bonds is 1. The molecule has 12 heavy (non-hydrogen) atoms. The summed E-state index contributed by atoms with van der Waals surface area (Å²) in [5.41, 5.74) is 3.06. The molecule has 0 bridgehead atoms. The van der Waals surface area contributed by atoms with Crippen LogP contribution in [0.5, 0.6) is 0 Å². The predicted octanol–water partition coefficient (Wildman–Crippen LogP) is 1.85. The normalized spacial score (nSPS) is 10.5. The van der Waals surface area contributed by atoms with Crippen molar-refractivity contribution in [3.8, 4) is 0 Å². The summed E-state index contributed by atoms with van der Waals surface area (Å²) >= 11 is 0. The van der Waals surface area contributed by atoms with Crippen molar-refractivity contribution < 1.29 is 0 Å². The summed E-state index contributed by atoms with van der Waals surface area (Å²) in [4.78, 5) is 4.22. The molecule has 3 heteroatoms. The number of fused-ring (bicyclic) bond motifs is 1. The van der Waals surface area contributed by atoms with E-state index in [2.05, 4.69) is 17.3 Å². The van der Waals surface area contributed by atoms with Crippen LogP contribution in [0.4, 0.5) is 5.69 Å². The number of hydrogen-bond donors (Lipinski definition) is 1. The molecule has 2 heterocycles. The first-order chi connectivity index (χ1) is 5.81. The van der Waals surface area contributed by atoms with E-state index in [4.69, 9.17) is 0 Å². The lowest BCUT2D eigenvalue weighted by Gasteiger charge is -2.00. The zero-order valence-electron chi connectivity index (χ0n) is 6.91. The molecule has 3 nitrogen and oxygen atoms in total. The molecule has 0 amide bonds. The highest BCUT2D eigenvalue weighted by atomic mass is 15.0. The Morgan fingerprint density at radius 3 is 3.17 bits per heavy atom. The zero-order valence-corrected chi connectivity index (χ0v) is 6.91. The number of imidazole rings is 1. The van der Waals surface area contributed by atoms with Crippen LogP contribution in [0.1, 0.15) is 5.69 Å². The second-order valence-electron chi connectivity index (χ2n) is 2.72. The molecule has 2 aromatic heterocycles. The van der Waals surface area contributed by atoms with Gasteiger partial charge in [0.25, 0.3) is 0 Å². The minimum absolute atomic E-state index is 0.946. The van der Waals surface area contributed by atoms with Crippen molar-refractivity contribution in [1.29, 1.82) is 0 Å². The Morgan fingerprint density at radius 2 is 2.42 bits per heavy atom. The number of pyridine rings is 1. The molecule has 0 saturated carbocycles. The van der Waals surface area contributed by atoms with Gasteiger partial charge in [0.1, 0.15) is 5.65 Å². The van der Waals surface area contributed by atoms with Crippen LogP contribution in [0.2, 0.25) is 0 Å². The standard InChI is InChI=1S/C9H10N3/c1-7-6-11-9-5-8(10-2)3-4-12(7)9/h3-6,10H,2H2,1H3. The Hall–Kier alpha value is -1.51. The summed E-state index contributed by atoms with van der Waals surface area (Å²) in [6.07, 6.45) is 3.83. The fourth-order valence-corrected chi connectivity index (χ4v) is 1.22. The Morgan fingerprint density at radius 1 is 1.58 bits per heavy atom. The van der Waals surface area contributed by atoms with Crippen LogP contribution in [0.15, 0.2) is 24.5 Å². The molecule has 0 aromatic carbocycles. The average molecular weight is 160 g/mol. The number of nitrogens with zero attached hydrogens (tertiary/aromatic N) is 2. The maximum atomic E-state index is 4.22. The highest BCUT2D eigenvalue weighted by Crippen LogP contribution is 2.11. The fourth-order valence-electron chi connectivity index (χ4n) is 1.22. The monoisotopic (exact) mass is 160 g/mol. The van der Waals surface area contributed by atoms with E-state index in [1.54, 1.807) is 0 Å². The maximum Gasteiger partial charge on any atom is 0.138 e. The van der Waals surface area contributed by atoms with Crippen LogP contribution in [-0.2, 0) is 0 Å². The Balaban J connectivity index is 2.69. The molecule has 0 spiro atoms. The molecule has 61 valence electrons. The minimum atomic E-state index is 0.946. The molecule has 2 rings (SSSR count). The van der Waals surface area contributed by atoms with Crippen molar-refractivity contribution in [1.82, 2.24) is 9.38 Å².